The predicted molar refractivity (Wildman–Crippen MR) is 84.7 cm³/mol. The first-order valence-electron chi connectivity index (χ1n) is 6.99. The molecule has 7 heteroatoms. The topological polar surface area (TPSA) is 91.3 Å². The number of methoxy groups -OCH3 is 1. The summed E-state index contributed by atoms with van der Waals surface area (Å²) in [5, 5.41) is 15.7. The highest BCUT2D eigenvalue weighted by atomic mass is 16.6. The van der Waals surface area contributed by atoms with Crippen LogP contribution in [0.5, 0.6) is 5.75 Å². The van der Waals surface area contributed by atoms with Crippen LogP contribution in [0.15, 0.2) is 22.9 Å². The van der Waals surface area contributed by atoms with Gasteiger partial charge in [0.25, 0.3) is 5.69 Å². The summed E-state index contributed by atoms with van der Waals surface area (Å²) in [5.74, 6) is 1.27. The Labute approximate surface area is 132 Å². The second-order valence-corrected chi connectivity index (χ2v) is 5.29. The molecule has 118 valence electrons. The number of pyridine rings is 1. The van der Waals surface area contributed by atoms with Gasteiger partial charge in [-0.2, -0.15) is 0 Å². The van der Waals surface area contributed by atoms with Crippen LogP contribution in [0, 0.1) is 30.9 Å². The lowest BCUT2D eigenvalue weighted by atomic mass is 9.99. The highest BCUT2D eigenvalue weighted by molar-refractivity contribution is 5.92. The summed E-state index contributed by atoms with van der Waals surface area (Å²) in [6, 6.07) is 3.61. The average molecular weight is 313 g/mol. The summed E-state index contributed by atoms with van der Waals surface area (Å²) < 4.78 is 10.7. The van der Waals surface area contributed by atoms with Crippen LogP contribution in [0.3, 0.4) is 0 Å². The molecule has 3 aromatic rings. The molecule has 0 spiro atoms. The van der Waals surface area contributed by atoms with E-state index < -0.39 is 4.92 Å². The summed E-state index contributed by atoms with van der Waals surface area (Å²) >= 11 is 0. The van der Waals surface area contributed by atoms with Gasteiger partial charge in [0.15, 0.2) is 0 Å². The molecule has 2 aromatic heterocycles. The van der Waals surface area contributed by atoms with E-state index in [9.17, 15) is 10.1 Å². The molecule has 0 N–H and O–H groups in total. The minimum atomic E-state index is -0.434. The highest BCUT2D eigenvalue weighted by Gasteiger charge is 2.20. The fourth-order valence-corrected chi connectivity index (χ4v) is 2.76. The maximum Gasteiger partial charge on any atom is 0.291 e. The van der Waals surface area contributed by atoms with E-state index in [2.05, 4.69) is 10.1 Å². The van der Waals surface area contributed by atoms with Crippen LogP contribution in [0.4, 0.5) is 5.69 Å². The smallest absolute Gasteiger partial charge is 0.291 e. The Morgan fingerprint density at radius 3 is 2.57 bits per heavy atom. The zero-order valence-corrected chi connectivity index (χ0v) is 13.2. The first kappa shape index (κ1) is 15.0. The molecule has 0 fully saturated rings. The Hall–Kier alpha value is -2.96. The lowest BCUT2D eigenvalue weighted by Crippen LogP contribution is -1.96. The van der Waals surface area contributed by atoms with Crippen LogP contribution in [0.25, 0.3) is 22.0 Å². The van der Waals surface area contributed by atoms with Crippen molar-refractivity contribution in [3.8, 4) is 16.9 Å². The SMILES string of the molecule is COc1cc2c(C)c([N+](=O)[O-])cnc2cc1-c1c(C)noc1C. The van der Waals surface area contributed by atoms with Crippen LogP contribution in [0.1, 0.15) is 17.0 Å². The van der Waals surface area contributed by atoms with E-state index in [0.29, 0.717) is 28.0 Å². The highest BCUT2D eigenvalue weighted by Crippen LogP contribution is 2.38. The van der Waals surface area contributed by atoms with E-state index in [1.165, 1.54) is 6.20 Å². The average Bonchev–Trinajstić information content (AvgIpc) is 2.85. The van der Waals surface area contributed by atoms with Crippen LogP contribution in [-0.2, 0) is 0 Å². The molecule has 3 rings (SSSR count). The number of nitro groups is 1. The Bertz CT molecular complexity index is 911. The molecule has 0 aliphatic rings. The van der Waals surface area contributed by atoms with E-state index in [-0.39, 0.29) is 5.69 Å². The van der Waals surface area contributed by atoms with E-state index >= 15 is 0 Å². The Morgan fingerprint density at radius 2 is 2.00 bits per heavy atom. The van der Waals surface area contributed by atoms with Gasteiger partial charge in [-0.1, -0.05) is 5.16 Å². The van der Waals surface area contributed by atoms with Crippen molar-refractivity contribution in [2.45, 2.75) is 20.8 Å². The molecule has 23 heavy (non-hydrogen) atoms. The standard InChI is InChI=1S/C16H15N3O4/c1-8-11-6-15(22-4)12(16-9(2)18-23-10(16)3)5-13(11)17-7-14(8)19(20)21/h5-7H,1-4H3. The van der Waals surface area contributed by atoms with Gasteiger partial charge in [-0.3, -0.25) is 10.1 Å². The van der Waals surface area contributed by atoms with Crippen LogP contribution >= 0.6 is 0 Å². The van der Waals surface area contributed by atoms with Gasteiger partial charge in [-0.15, -0.1) is 0 Å². The maximum absolute atomic E-state index is 11.1. The fourth-order valence-electron chi connectivity index (χ4n) is 2.76. The predicted octanol–water partition coefficient (Wildman–Crippen LogP) is 3.73. The number of hydrogen-bond acceptors (Lipinski definition) is 6. The summed E-state index contributed by atoms with van der Waals surface area (Å²) in [5.41, 5.74) is 3.61. The number of benzene rings is 1. The molecule has 0 aliphatic heterocycles. The summed E-state index contributed by atoms with van der Waals surface area (Å²) in [6.45, 7) is 5.38. The van der Waals surface area contributed by atoms with E-state index in [1.54, 1.807) is 20.1 Å². The third kappa shape index (κ3) is 2.30. The van der Waals surface area contributed by atoms with Gasteiger partial charge in [0.2, 0.25) is 0 Å². The lowest BCUT2D eigenvalue weighted by molar-refractivity contribution is -0.385. The van der Waals surface area contributed by atoms with Crippen LogP contribution < -0.4 is 4.74 Å². The molecule has 0 bridgehead atoms. The van der Waals surface area contributed by atoms with Gasteiger partial charge >= 0.3 is 0 Å². The van der Waals surface area contributed by atoms with Gasteiger partial charge in [0.05, 0.1) is 28.8 Å². The fraction of sp³-hybridized carbons (Fsp3) is 0.250. The minimum absolute atomic E-state index is 0.00959. The number of fused-ring (bicyclic) bond motifs is 1. The first-order valence-corrected chi connectivity index (χ1v) is 6.99. The van der Waals surface area contributed by atoms with Crippen molar-refractivity contribution in [2.24, 2.45) is 0 Å². The van der Waals surface area contributed by atoms with Crippen molar-refractivity contribution >= 4 is 16.6 Å². The van der Waals surface area contributed by atoms with E-state index in [4.69, 9.17) is 9.26 Å². The number of aryl methyl sites for hydroxylation is 3. The van der Waals surface area contributed by atoms with Gasteiger partial charge in [-0.05, 0) is 32.9 Å². The van der Waals surface area contributed by atoms with Crippen molar-refractivity contribution in [2.75, 3.05) is 7.11 Å². The zero-order chi connectivity index (χ0) is 16.7. The molecule has 0 amide bonds. The Balaban J connectivity index is 2.34. The molecule has 0 atom stereocenters. The molecule has 2 heterocycles. The summed E-state index contributed by atoms with van der Waals surface area (Å²) in [7, 11) is 1.56. The molecule has 7 nitrogen and oxygen atoms in total. The lowest BCUT2D eigenvalue weighted by Gasteiger charge is -2.11. The van der Waals surface area contributed by atoms with Gasteiger partial charge in [0.1, 0.15) is 17.7 Å². The van der Waals surface area contributed by atoms with Crippen LogP contribution in [-0.4, -0.2) is 22.2 Å². The molecular formula is C16H15N3O4. The third-order valence-electron chi connectivity index (χ3n) is 3.93. The molecule has 1 aromatic carbocycles. The second-order valence-electron chi connectivity index (χ2n) is 5.29. The normalized spacial score (nSPS) is 11.0. The number of rotatable bonds is 3. The second kappa shape index (κ2) is 5.35. The Morgan fingerprint density at radius 1 is 1.26 bits per heavy atom. The van der Waals surface area contributed by atoms with E-state index in [0.717, 1.165) is 16.8 Å². The molecule has 0 saturated heterocycles. The van der Waals surface area contributed by atoms with Gasteiger partial charge in [-0.25, -0.2) is 4.98 Å². The Kier molecular flexibility index (Phi) is 3.48. The quantitative estimate of drug-likeness (QED) is 0.540. The zero-order valence-electron chi connectivity index (χ0n) is 13.2. The van der Waals surface area contributed by atoms with Crippen LogP contribution in [0.2, 0.25) is 0 Å². The van der Waals surface area contributed by atoms with Crippen molar-refractivity contribution in [1.29, 1.82) is 0 Å². The largest absolute Gasteiger partial charge is 0.496 e. The van der Waals surface area contributed by atoms with Crippen molar-refractivity contribution in [3.05, 3.63) is 45.5 Å². The third-order valence-corrected chi connectivity index (χ3v) is 3.93. The molecule has 0 saturated carbocycles. The monoisotopic (exact) mass is 313 g/mol. The number of aromatic nitrogens is 2. The number of nitrogens with zero attached hydrogens (tertiary/aromatic N) is 3. The summed E-state index contributed by atoms with van der Waals surface area (Å²) in [4.78, 5) is 14.9. The van der Waals surface area contributed by atoms with E-state index in [1.807, 2.05) is 19.9 Å². The summed E-state index contributed by atoms with van der Waals surface area (Å²) in [6.07, 6.45) is 1.28. The van der Waals surface area contributed by atoms with Crippen molar-refractivity contribution < 1.29 is 14.2 Å². The van der Waals surface area contributed by atoms with Gasteiger partial charge < -0.3 is 9.26 Å². The molecule has 0 unspecified atom stereocenters. The number of ether oxygens (including phenoxy) is 1. The van der Waals surface area contributed by atoms with Crippen molar-refractivity contribution in [1.82, 2.24) is 10.1 Å². The first-order chi connectivity index (χ1) is 10.9. The van der Waals surface area contributed by atoms with Gasteiger partial charge in [0, 0.05) is 16.5 Å². The minimum Gasteiger partial charge on any atom is -0.496 e. The molecule has 0 radical (unpaired) electrons. The maximum atomic E-state index is 11.1. The number of hydrogen-bond donors (Lipinski definition) is 0. The molecule has 0 aliphatic carbocycles. The van der Waals surface area contributed by atoms with Crippen molar-refractivity contribution in [3.63, 3.8) is 0 Å². The molecular weight excluding hydrogens is 298 g/mol.